The Morgan fingerprint density at radius 2 is 2.15 bits per heavy atom. The first-order chi connectivity index (χ1) is 9.79. The van der Waals surface area contributed by atoms with Crippen LogP contribution in [0.4, 0.5) is 0 Å². The van der Waals surface area contributed by atoms with Crippen LogP contribution in [0.2, 0.25) is 0 Å². The first kappa shape index (κ1) is 13.4. The Morgan fingerprint density at radius 3 is 2.95 bits per heavy atom. The van der Waals surface area contributed by atoms with Crippen LogP contribution in [0.1, 0.15) is 37.3 Å². The fourth-order valence-corrected chi connectivity index (χ4v) is 3.43. The standard InChI is InChI=1S/C17H23N3/c1-13-5-4-7-14(9-13)17-11-19-12-20(17)16-8-3-2-6-15(16)10-18/h4-5,7,9,11-12,15-16H,2-3,6,8,10,18H2,1H3. The van der Waals surface area contributed by atoms with Crippen LogP contribution >= 0.6 is 0 Å². The third kappa shape index (κ3) is 2.50. The molecule has 0 spiro atoms. The minimum atomic E-state index is 0.506. The van der Waals surface area contributed by atoms with E-state index in [0.29, 0.717) is 12.0 Å². The van der Waals surface area contributed by atoms with Gasteiger partial charge in [0.25, 0.3) is 0 Å². The van der Waals surface area contributed by atoms with Crippen LogP contribution in [-0.4, -0.2) is 16.1 Å². The average molecular weight is 269 g/mol. The monoisotopic (exact) mass is 269 g/mol. The van der Waals surface area contributed by atoms with Gasteiger partial charge in [-0.2, -0.15) is 0 Å². The average Bonchev–Trinajstić information content (AvgIpc) is 2.96. The molecule has 1 aliphatic rings. The molecular formula is C17H23N3. The Balaban J connectivity index is 1.97. The summed E-state index contributed by atoms with van der Waals surface area (Å²) in [5.74, 6) is 0.585. The summed E-state index contributed by atoms with van der Waals surface area (Å²) in [6.07, 6.45) is 9.04. The van der Waals surface area contributed by atoms with Crippen molar-refractivity contribution in [2.75, 3.05) is 6.54 Å². The number of benzene rings is 1. The van der Waals surface area contributed by atoms with Crippen molar-refractivity contribution in [1.29, 1.82) is 0 Å². The van der Waals surface area contributed by atoms with Crippen LogP contribution in [0.15, 0.2) is 36.8 Å². The second-order valence-corrected chi connectivity index (χ2v) is 5.90. The van der Waals surface area contributed by atoms with Crippen molar-refractivity contribution in [3.05, 3.63) is 42.4 Å². The van der Waals surface area contributed by atoms with Gasteiger partial charge in [-0.05, 0) is 38.3 Å². The summed E-state index contributed by atoms with van der Waals surface area (Å²) >= 11 is 0. The van der Waals surface area contributed by atoms with E-state index in [1.54, 1.807) is 0 Å². The fourth-order valence-electron chi connectivity index (χ4n) is 3.43. The quantitative estimate of drug-likeness (QED) is 0.926. The second-order valence-electron chi connectivity index (χ2n) is 5.90. The minimum absolute atomic E-state index is 0.506. The molecule has 2 atom stereocenters. The largest absolute Gasteiger partial charge is 0.330 e. The van der Waals surface area contributed by atoms with Crippen molar-refractivity contribution in [2.24, 2.45) is 11.7 Å². The summed E-state index contributed by atoms with van der Waals surface area (Å²) in [6.45, 7) is 2.91. The van der Waals surface area contributed by atoms with Gasteiger partial charge in [-0.3, -0.25) is 0 Å². The molecule has 0 bridgehead atoms. The Morgan fingerprint density at radius 1 is 1.30 bits per heavy atom. The number of hydrogen-bond donors (Lipinski definition) is 1. The summed E-state index contributed by atoms with van der Waals surface area (Å²) in [6, 6.07) is 9.15. The Labute approximate surface area is 120 Å². The highest BCUT2D eigenvalue weighted by molar-refractivity contribution is 5.60. The topological polar surface area (TPSA) is 43.8 Å². The smallest absolute Gasteiger partial charge is 0.0953 e. The van der Waals surface area contributed by atoms with Gasteiger partial charge < -0.3 is 10.3 Å². The lowest BCUT2D eigenvalue weighted by Crippen LogP contribution is -2.29. The van der Waals surface area contributed by atoms with Gasteiger partial charge in [-0.25, -0.2) is 4.98 Å². The second kappa shape index (κ2) is 5.80. The van der Waals surface area contributed by atoms with E-state index in [0.717, 1.165) is 6.54 Å². The molecule has 3 rings (SSSR count). The summed E-state index contributed by atoms with van der Waals surface area (Å²) in [4.78, 5) is 4.39. The lowest BCUT2D eigenvalue weighted by Gasteiger charge is -2.32. The number of nitrogens with two attached hydrogens (primary N) is 1. The van der Waals surface area contributed by atoms with Crippen molar-refractivity contribution in [2.45, 2.75) is 38.6 Å². The molecule has 0 amide bonds. The molecule has 1 aliphatic carbocycles. The molecule has 20 heavy (non-hydrogen) atoms. The molecule has 0 aliphatic heterocycles. The minimum Gasteiger partial charge on any atom is -0.330 e. The van der Waals surface area contributed by atoms with Gasteiger partial charge in [0.15, 0.2) is 0 Å². The number of rotatable bonds is 3. The van der Waals surface area contributed by atoms with Crippen LogP contribution in [0.25, 0.3) is 11.3 Å². The molecule has 2 unspecified atom stereocenters. The Kier molecular flexibility index (Phi) is 3.88. The third-order valence-electron chi connectivity index (χ3n) is 4.51. The zero-order valence-corrected chi connectivity index (χ0v) is 12.1. The molecule has 0 saturated heterocycles. The van der Waals surface area contributed by atoms with E-state index < -0.39 is 0 Å². The van der Waals surface area contributed by atoms with Crippen molar-refractivity contribution < 1.29 is 0 Å². The van der Waals surface area contributed by atoms with E-state index in [4.69, 9.17) is 5.73 Å². The van der Waals surface area contributed by atoms with Crippen LogP contribution in [-0.2, 0) is 0 Å². The summed E-state index contributed by atoms with van der Waals surface area (Å²) in [5.41, 5.74) is 9.74. The van der Waals surface area contributed by atoms with Gasteiger partial charge in [0.05, 0.1) is 18.2 Å². The summed E-state index contributed by atoms with van der Waals surface area (Å²) in [5, 5.41) is 0. The van der Waals surface area contributed by atoms with E-state index in [1.807, 2.05) is 12.5 Å². The number of aromatic nitrogens is 2. The Bertz CT molecular complexity index is 573. The van der Waals surface area contributed by atoms with Crippen LogP contribution in [0.5, 0.6) is 0 Å². The van der Waals surface area contributed by atoms with E-state index in [1.165, 1.54) is 42.5 Å². The predicted octanol–water partition coefficient (Wildman–Crippen LogP) is 3.55. The van der Waals surface area contributed by atoms with E-state index in [-0.39, 0.29) is 0 Å². The molecule has 3 nitrogen and oxygen atoms in total. The third-order valence-corrected chi connectivity index (χ3v) is 4.51. The normalized spacial score (nSPS) is 22.9. The fraction of sp³-hybridized carbons (Fsp3) is 0.471. The molecule has 2 N–H and O–H groups in total. The van der Waals surface area contributed by atoms with Gasteiger partial charge >= 0.3 is 0 Å². The van der Waals surface area contributed by atoms with Crippen molar-refractivity contribution in [3.63, 3.8) is 0 Å². The van der Waals surface area contributed by atoms with Crippen LogP contribution in [0.3, 0.4) is 0 Å². The van der Waals surface area contributed by atoms with Gasteiger partial charge in [-0.15, -0.1) is 0 Å². The van der Waals surface area contributed by atoms with Crippen LogP contribution < -0.4 is 5.73 Å². The molecular weight excluding hydrogens is 246 g/mol. The highest BCUT2D eigenvalue weighted by Gasteiger charge is 2.26. The summed E-state index contributed by atoms with van der Waals surface area (Å²) < 4.78 is 2.35. The predicted molar refractivity (Wildman–Crippen MR) is 82.4 cm³/mol. The lowest BCUT2D eigenvalue weighted by atomic mass is 9.84. The SMILES string of the molecule is Cc1cccc(-c2cncn2C2CCCCC2CN)c1. The number of aryl methyl sites for hydroxylation is 1. The zero-order chi connectivity index (χ0) is 13.9. The molecule has 3 heteroatoms. The summed E-state index contributed by atoms with van der Waals surface area (Å²) in [7, 11) is 0. The molecule has 1 heterocycles. The number of nitrogens with zero attached hydrogens (tertiary/aromatic N) is 2. The molecule has 2 aromatic rings. The molecule has 1 saturated carbocycles. The molecule has 1 aromatic heterocycles. The molecule has 0 radical (unpaired) electrons. The van der Waals surface area contributed by atoms with E-state index >= 15 is 0 Å². The molecule has 1 aromatic carbocycles. The van der Waals surface area contributed by atoms with Gasteiger partial charge in [0.1, 0.15) is 0 Å². The zero-order valence-electron chi connectivity index (χ0n) is 12.1. The first-order valence-electron chi connectivity index (χ1n) is 7.58. The van der Waals surface area contributed by atoms with Crippen molar-refractivity contribution in [1.82, 2.24) is 9.55 Å². The van der Waals surface area contributed by atoms with Gasteiger partial charge in [0.2, 0.25) is 0 Å². The number of imidazole rings is 1. The van der Waals surface area contributed by atoms with E-state index in [2.05, 4.69) is 40.7 Å². The van der Waals surface area contributed by atoms with E-state index in [9.17, 15) is 0 Å². The highest BCUT2D eigenvalue weighted by atomic mass is 15.1. The molecule has 106 valence electrons. The maximum atomic E-state index is 5.98. The maximum absolute atomic E-state index is 5.98. The maximum Gasteiger partial charge on any atom is 0.0953 e. The highest BCUT2D eigenvalue weighted by Crippen LogP contribution is 2.36. The van der Waals surface area contributed by atoms with Gasteiger partial charge in [0, 0.05) is 11.6 Å². The lowest BCUT2D eigenvalue weighted by molar-refractivity contribution is 0.246. The number of hydrogen-bond acceptors (Lipinski definition) is 2. The first-order valence-corrected chi connectivity index (χ1v) is 7.58. The molecule has 1 fully saturated rings. The van der Waals surface area contributed by atoms with Crippen molar-refractivity contribution in [3.8, 4) is 11.3 Å². The van der Waals surface area contributed by atoms with Crippen molar-refractivity contribution >= 4 is 0 Å². The van der Waals surface area contributed by atoms with Gasteiger partial charge in [-0.1, -0.05) is 36.6 Å². The van der Waals surface area contributed by atoms with Crippen LogP contribution in [0, 0.1) is 12.8 Å². The Hall–Kier alpha value is -1.61.